The van der Waals surface area contributed by atoms with Crippen LogP contribution in [0.2, 0.25) is 0 Å². The van der Waals surface area contributed by atoms with Gasteiger partial charge in [0.2, 0.25) is 11.9 Å². The van der Waals surface area contributed by atoms with Crippen molar-refractivity contribution in [1.82, 2.24) is 29.7 Å². The van der Waals surface area contributed by atoms with Crippen LogP contribution < -0.4 is 10.6 Å². The smallest absolute Gasteiger partial charge is 0.229 e. The van der Waals surface area contributed by atoms with E-state index in [1.165, 1.54) is 23.9 Å². The zero-order valence-electron chi connectivity index (χ0n) is 18.0. The molecule has 0 saturated carbocycles. The van der Waals surface area contributed by atoms with E-state index in [-0.39, 0.29) is 17.0 Å². The van der Waals surface area contributed by atoms with Gasteiger partial charge in [0.15, 0.2) is 11.0 Å². The Morgan fingerprint density at radius 2 is 1.72 bits per heavy atom. The van der Waals surface area contributed by atoms with Crippen molar-refractivity contribution in [2.75, 3.05) is 24.7 Å². The molecule has 4 rings (SSSR count). The number of nitrogens with two attached hydrogens (primary N) is 1. The molecule has 164 valence electrons. The lowest BCUT2D eigenvalue weighted by atomic mass is 10.2. The Morgan fingerprint density at radius 1 is 1.00 bits per heavy atom. The highest BCUT2D eigenvalue weighted by Crippen LogP contribution is 2.35. The van der Waals surface area contributed by atoms with Gasteiger partial charge < -0.3 is 10.6 Å². The average Bonchev–Trinajstić information content (AvgIpc) is 3.16. The fraction of sp³-hybridized carbons (Fsp3) is 0.227. The van der Waals surface area contributed by atoms with E-state index in [4.69, 9.17) is 5.73 Å². The molecule has 2 aromatic heterocycles. The van der Waals surface area contributed by atoms with Crippen molar-refractivity contribution in [3.8, 4) is 11.4 Å². The third-order valence-electron chi connectivity index (χ3n) is 4.71. The SMILES string of the molecule is C[C@H](Sc1nnc(-c2ccc(F)cc2)n1Cc1ccccc1)c1nc(N)nc(N(C)C)n1. The Labute approximate surface area is 189 Å². The molecule has 0 radical (unpaired) electrons. The molecule has 8 nitrogen and oxygen atoms in total. The summed E-state index contributed by atoms with van der Waals surface area (Å²) < 4.78 is 15.5. The van der Waals surface area contributed by atoms with Gasteiger partial charge in [-0.05, 0) is 36.8 Å². The Kier molecular flexibility index (Phi) is 6.31. The molecule has 2 aromatic carbocycles. The molecule has 32 heavy (non-hydrogen) atoms. The monoisotopic (exact) mass is 450 g/mol. The van der Waals surface area contributed by atoms with Gasteiger partial charge >= 0.3 is 0 Å². The van der Waals surface area contributed by atoms with Gasteiger partial charge in [-0.15, -0.1) is 10.2 Å². The van der Waals surface area contributed by atoms with Crippen LogP contribution in [0.15, 0.2) is 59.8 Å². The van der Waals surface area contributed by atoms with Crippen LogP contribution in [0.4, 0.5) is 16.3 Å². The summed E-state index contributed by atoms with van der Waals surface area (Å²) >= 11 is 1.48. The van der Waals surface area contributed by atoms with Gasteiger partial charge in [-0.25, -0.2) is 4.39 Å². The number of aromatic nitrogens is 6. The summed E-state index contributed by atoms with van der Waals surface area (Å²) in [5.41, 5.74) is 7.78. The molecule has 0 fully saturated rings. The summed E-state index contributed by atoms with van der Waals surface area (Å²) in [5.74, 6) is 1.59. The summed E-state index contributed by atoms with van der Waals surface area (Å²) in [4.78, 5) is 14.8. The van der Waals surface area contributed by atoms with Gasteiger partial charge in [-0.2, -0.15) is 15.0 Å². The van der Waals surface area contributed by atoms with Crippen molar-refractivity contribution in [2.45, 2.75) is 23.9 Å². The summed E-state index contributed by atoms with van der Waals surface area (Å²) in [6.07, 6.45) is 0. The Balaban J connectivity index is 1.70. The predicted octanol–water partition coefficient (Wildman–Crippen LogP) is 3.82. The maximum atomic E-state index is 13.5. The third kappa shape index (κ3) is 4.86. The van der Waals surface area contributed by atoms with E-state index in [0.717, 1.165) is 11.1 Å². The molecule has 10 heteroatoms. The molecule has 0 spiro atoms. The molecule has 0 amide bonds. The van der Waals surface area contributed by atoms with E-state index < -0.39 is 0 Å². The normalized spacial score (nSPS) is 12.0. The van der Waals surface area contributed by atoms with Crippen LogP contribution in [0.3, 0.4) is 0 Å². The van der Waals surface area contributed by atoms with Crippen LogP contribution in [-0.4, -0.2) is 43.8 Å². The van der Waals surface area contributed by atoms with Crippen LogP contribution in [0, 0.1) is 5.82 Å². The molecule has 2 N–H and O–H groups in total. The summed E-state index contributed by atoms with van der Waals surface area (Å²) in [6.45, 7) is 2.55. The van der Waals surface area contributed by atoms with Gasteiger partial charge in [0.05, 0.1) is 11.8 Å². The summed E-state index contributed by atoms with van der Waals surface area (Å²) in [6, 6.07) is 16.3. The number of hydrogen-bond acceptors (Lipinski definition) is 8. The number of nitrogens with zero attached hydrogens (tertiary/aromatic N) is 7. The molecule has 0 saturated heterocycles. The van der Waals surface area contributed by atoms with E-state index in [1.807, 2.05) is 55.9 Å². The Bertz CT molecular complexity index is 1190. The lowest BCUT2D eigenvalue weighted by Gasteiger charge is -2.15. The molecular formula is C22H23FN8S. The number of rotatable bonds is 7. The number of hydrogen-bond donors (Lipinski definition) is 1. The van der Waals surface area contributed by atoms with Gasteiger partial charge in [0, 0.05) is 19.7 Å². The van der Waals surface area contributed by atoms with Crippen LogP contribution in [0.25, 0.3) is 11.4 Å². The van der Waals surface area contributed by atoms with Crippen molar-refractivity contribution < 1.29 is 4.39 Å². The lowest BCUT2D eigenvalue weighted by molar-refractivity contribution is 0.628. The van der Waals surface area contributed by atoms with E-state index >= 15 is 0 Å². The maximum absolute atomic E-state index is 13.5. The van der Waals surface area contributed by atoms with E-state index in [1.54, 1.807) is 17.0 Å². The number of nitrogen functional groups attached to an aromatic ring is 1. The molecule has 0 aliphatic carbocycles. The minimum atomic E-state index is -0.296. The molecule has 0 bridgehead atoms. The first-order chi connectivity index (χ1) is 15.4. The van der Waals surface area contributed by atoms with E-state index in [9.17, 15) is 4.39 Å². The lowest BCUT2D eigenvalue weighted by Crippen LogP contribution is -2.16. The third-order valence-corrected chi connectivity index (χ3v) is 5.78. The standard InChI is InChI=1S/C22H23FN8S/c1-14(18-25-20(24)27-21(26-18)30(2)3)32-22-29-28-19(16-9-11-17(23)12-10-16)31(22)13-15-7-5-4-6-8-15/h4-12,14H,13H2,1-3H3,(H2,24,25,26,27)/t14-/m0/s1. The summed E-state index contributed by atoms with van der Waals surface area (Å²) in [5, 5.41) is 9.38. The quantitative estimate of drug-likeness (QED) is 0.424. The maximum Gasteiger partial charge on any atom is 0.229 e. The molecule has 0 aliphatic rings. The van der Waals surface area contributed by atoms with Crippen molar-refractivity contribution in [3.63, 3.8) is 0 Å². The van der Waals surface area contributed by atoms with Crippen molar-refractivity contribution in [2.24, 2.45) is 0 Å². The Hall–Kier alpha value is -3.53. The van der Waals surface area contributed by atoms with Gasteiger partial charge in [0.1, 0.15) is 11.6 Å². The van der Waals surface area contributed by atoms with Gasteiger partial charge in [-0.3, -0.25) is 4.57 Å². The number of thioether (sulfide) groups is 1. The van der Waals surface area contributed by atoms with Crippen LogP contribution >= 0.6 is 11.8 Å². The number of anilines is 2. The molecule has 0 unspecified atom stereocenters. The van der Waals surface area contributed by atoms with Crippen LogP contribution in [0.1, 0.15) is 23.6 Å². The number of halogens is 1. The molecule has 1 atom stereocenters. The Morgan fingerprint density at radius 3 is 2.41 bits per heavy atom. The predicted molar refractivity (Wildman–Crippen MR) is 124 cm³/mol. The van der Waals surface area contributed by atoms with Gasteiger partial charge in [-0.1, -0.05) is 42.1 Å². The molecule has 4 aromatic rings. The van der Waals surface area contributed by atoms with Crippen molar-refractivity contribution in [3.05, 3.63) is 71.8 Å². The molecule has 0 aliphatic heterocycles. The van der Waals surface area contributed by atoms with Crippen molar-refractivity contribution >= 4 is 23.7 Å². The first-order valence-corrected chi connectivity index (χ1v) is 10.9. The van der Waals surface area contributed by atoms with E-state index in [0.29, 0.717) is 29.3 Å². The first kappa shape index (κ1) is 21.7. The summed E-state index contributed by atoms with van der Waals surface area (Å²) in [7, 11) is 3.70. The minimum absolute atomic E-state index is 0.154. The van der Waals surface area contributed by atoms with Crippen LogP contribution in [0.5, 0.6) is 0 Å². The molecule has 2 heterocycles. The zero-order valence-corrected chi connectivity index (χ0v) is 18.8. The topological polar surface area (TPSA) is 98.6 Å². The van der Waals surface area contributed by atoms with Gasteiger partial charge in [0.25, 0.3) is 0 Å². The second kappa shape index (κ2) is 9.31. The molecular weight excluding hydrogens is 427 g/mol. The second-order valence-corrected chi connectivity index (χ2v) is 8.70. The highest BCUT2D eigenvalue weighted by atomic mass is 32.2. The average molecular weight is 451 g/mol. The zero-order chi connectivity index (χ0) is 22.7. The van der Waals surface area contributed by atoms with Crippen LogP contribution in [-0.2, 0) is 6.54 Å². The van der Waals surface area contributed by atoms with Crippen molar-refractivity contribution in [1.29, 1.82) is 0 Å². The fourth-order valence-corrected chi connectivity index (χ4v) is 3.98. The number of benzene rings is 2. The fourth-order valence-electron chi connectivity index (χ4n) is 3.09. The largest absolute Gasteiger partial charge is 0.368 e. The highest BCUT2D eigenvalue weighted by molar-refractivity contribution is 7.99. The second-order valence-electron chi connectivity index (χ2n) is 7.39. The highest BCUT2D eigenvalue weighted by Gasteiger charge is 2.21. The first-order valence-electron chi connectivity index (χ1n) is 9.99. The van der Waals surface area contributed by atoms with E-state index in [2.05, 4.69) is 25.1 Å². The minimum Gasteiger partial charge on any atom is -0.368 e.